The smallest absolute Gasteiger partial charge is 0.127 e. The number of halogens is 1. The Hall–Kier alpha value is -0.800. The lowest BCUT2D eigenvalue weighted by atomic mass is 10.2. The van der Waals surface area contributed by atoms with E-state index in [1.54, 1.807) is 0 Å². The van der Waals surface area contributed by atoms with E-state index in [1.165, 1.54) is 12.8 Å². The molecule has 2 aliphatic rings. The maximum atomic E-state index is 5.84. The molecule has 4 heteroatoms. The minimum Gasteiger partial charge on any atom is -0.354 e. The lowest BCUT2D eigenvalue weighted by Crippen LogP contribution is -2.51. The van der Waals surface area contributed by atoms with Crippen LogP contribution in [0.25, 0.3) is 0 Å². The van der Waals surface area contributed by atoms with E-state index in [0.717, 1.165) is 23.9 Å². The molecule has 2 aliphatic heterocycles. The SMILES string of the molecule is C=N/C(=C\C=C(/C)Cl)N1CC2CC[C@H](C1)N2C. The normalized spacial score (nSPS) is 30.9. The van der Waals surface area contributed by atoms with Gasteiger partial charge in [0.1, 0.15) is 5.82 Å². The van der Waals surface area contributed by atoms with E-state index in [9.17, 15) is 0 Å². The third-order valence-electron chi connectivity index (χ3n) is 3.80. The van der Waals surface area contributed by atoms with Crippen LogP contribution in [0.1, 0.15) is 19.8 Å². The van der Waals surface area contributed by atoms with Crippen molar-refractivity contribution in [2.24, 2.45) is 4.99 Å². The van der Waals surface area contributed by atoms with E-state index >= 15 is 0 Å². The van der Waals surface area contributed by atoms with Crippen LogP contribution in [-0.4, -0.2) is 48.7 Å². The second kappa shape index (κ2) is 5.23. The second-order valence-electron chi connectivity index (χ2n) is 4.89. The van der Waals surface area contributed by atoms with Crippen molar-refractivity contribution in [3.8, 4) is 0 Å². The third kappa shape index (κ3) is 2.72. The Morgan fingerprint density at radius 1 is 1.29 bits per heavy atom. The van der Waals surface area contributed by atoms with Crippen molar-refractivity contribution in [2.45, 2.75) is 31.8 Å². The van der Waals surface area contributed by atoms with E-state index in [4.69, 9.17) is 11.6 Å². The zero-order valence-corrected chi connectivity index (χ0v) is 11.3. The average molecular weight is 254 g/mol. The van der Waals surface area contributed by atoms with Crippen molar-refractivity contribution in [1.29, 1.82) is 0 Å². The molecule has 2 atom stereocenters. The number of hydrogen-bond donors (Lipinski definition) is 0. The number of hydrogen-bond acceptors (Lipinski definition) is 3. The first kappa shape index (κ1) is 12.7. The van der Waals surface area contributed by atoms with Gasteiger partial charge in [-0.15, -0.1) is 0 Å². The summed E-state index contributed by atoms with van der Waals surface area (Å²) in [5.41, 5.74) is 0. The van der Waals surface area contributed by atoms with Crippen LogP contribution in [0.15, 0.2) is 28.0 Å². The van der Waals surface area contributed by atoms with Crippen molar-refractivity contribution >= 4 is 18.3 Å². The maximum absolute atomic E-state index is 5.84. The number of rotatable bonds is 3. The minimum absolute atomic E-state index is 0.667. The topological polar surface area (TPSA) is 18.8 Å². The Morgan fingerprint density at radius 3 is 2.35 bits per heavy atom. The number of likely N-dealkylation sites (tertiary alicyclic amines) is 1. The fourth-order valence-corrected chi connectivity index (χ4v) is 2.81. The zero-order valence-electron chi connectivity index (χ0n) is 10.6. The van der Waals surface area contributed by atoms with Crippen LogP contribution < -0.4 is 0 Å². The van der Waals surface area contributed by atoms with Gasteiger partial charge in [0, 0.05) is 30.2 Å². The molecule has 94 valence electrons. The van der Waals surface area contributed by atoms with Gasteiger partial charge in [-0.05, 0) is 45.7 Å². The highest BCUT2D eigenvalue weighted by molar-refractivity contribution is 6.29. The first-order valence-electron chi connectivity index (χ1n) is 6.09. The van der Waals surface area contributed by atoms with E-state index in [0.29, 0.717) is 12.1 Å². The Labute approximate surface area is 108 Å². The quantitative estimate of drug-likeness (QED) is 0.568. The van der Waals surface area contributed by atoms with Gasteiger partial charge in [-0.3, -0.25) is 4.90 Å². The summed E-state index contributed by atoms with van der Waals surface area (Å²) in [7, 11) is 2.23. The summed E-state index contributed by atoms with van der Waals surface area (Å²) >= 11 is 5.84. The Kier molecular flexibility index (Phi) is 3.89. The number of likely N-dealkylation sites (N-methyl/N-ethyl adjacent to an activating group) is 1. The van der Waals surface area contributed by atoms with Crippen molar-refractivity contribution in [3.05, 3.63) is 23.0 Å². The Balaban J connectivity index is 2.10. The van der Waals surface area contributed by atoms with Crippen LogP contribution in [0.5, 0.6) is 0 Å². The fourth-order valence-electron chi connectivity index (χ4n) is 2.75. The van der Waals surface area contributed by atoms with Gasteiger partial charge in [0.25, 0.3) is 0 Å². The Morgan fingerprint density at radius 2 is 1.88 bits per heavy atom. The highest BCUT2D eigenvalue weighted by Crippen LogP contribution is 2.30. The van der Waals surface area contributed by atoms with Gasteiger partial charge in [0.2, 0.25) is 0 Å². The van der Waals surface area contributed by atoms with E-state index < -0.39 is 0 Å². The largest absolute Gasteiger partial charge is 0.354 e. The molecule has 0 aliphatic carbocycles. The highest BCUT2D eigenvalue weighted by Gasteiger charge is 2.37. The molecule has 0 aromatic rings. The first-order chi connectivity index (χ1) is 8.11. The van der Waals surface area contributed by atoms with Gasteiger partial charge in [0.15, 0.2) is 0 Å². The molecule has 0 saturated carbocycles. The van der Waals surface area contributed by atoms with Crippen molar-refractivity contribution < 1.29 is 0 Å². The molecule has 3 nitrogen and oxygen atoms in total. The van der Waals surface area contributed by atoms with E-state index in [2.05, 4.69) is 28.6 Å². The van der Waals surface area contributed by atoms with Crippen molar-refractivity contribution in [1.82, 2.24) is 9.80 Å². The predicted octanol–water partition coefficient (Wildman–Crippen LogP) is 2.45. The molecule has 0 N–H and O–H groups in total. The molecule has 0 aromatic carbocycles. The number of allylic oxidation sites excluding steroid dienone is 3. The van der Waals surface area contributed by atoms with Crippen LogP contribution in [0.4, 0.5) is 0 Å². The lowest BCUT2D eigenvalue weighted by Gasteiger charge is -2.39. The number of fused-ring (bicyclic) bond motifs is 2. The molecule has 0 aromatic heterocycles. The minimum atomic E-state index is 0.667. The van der Waals surface area contributed by atoms with Gasteiger partial charge in [-0.1, -0.05) is 11.6 Å². The standard InChI is InChI=1S/C13H20ClN3/c1-10(14)4-7-13(15-2)17-8-11-5-6-12(9-17)16(11)3/h4,7,11-12H,2,5-6,8-9H2,1,3H3/b10-4+,13-7+/t11-,12?/m1/s1. The highest BCUT2D eigenvalue weighted by atomic mass is 35.5. The zero-order chi connectivity index (χ0) is 12.4. The summed E-state index contributed by atoms with van der Waals surface area (Å²) in [6.45, 7) is 7.62. The van der Waals surface area contributed by atoms with E-state index in [1.807, 2.05) is 19.1 Å². The molecular weight excluding hydrogens is 234 g/mol. The average Bonchev–Trinajstić information content (AvgIpc) is 2.53. The van der Waals surface area contributed by atoms with Gasteiger partial charge in [0.05, 0.1) is 0 Å². The first-order valence-corrected chi connectivity index (χ1v) is 6.47. The summed E-state index contributed by atoms with van der Waals surface area (Å²) in [4.78, 5) is 8.95. The maximum Gasteiger partial charge on any atom is 0.127 e. The molecule has 2 bridgehead atoms. The summed E-state index contributed by atoms with van der Waals surface area (Å²) in [6, 6.07) is 1.33. The molecule has 0 radical (unpaired) electrons. The van der Waals surface area contributed by atoms with Crippen LogP contribution >= 0.6 is 11.6 Å². The molecule has 1 unspecified atom stereocenters. The monoisotopic (exact) mass is 253 g/mol. The van der Waals surface area contributed by atoms with Gasteiger partial charge >= 0.3 is 0 Å². The van der Waals surface area contributed by atoms with Gasteiger partial charge in [-0.25, -0.2) is 4.99 Å². The summed E-state index contributed by atoms with van der Waals surface area (Å²) in [5.74, 6) is 0.940. The molecule has 2 saturated heterocycles. The number of piperazine rings is 1. The van der Waals surface area contributed by atoms with Gasteiger partial charge in [-0.2, -0.15) is 0 Å². The fraction of sp³-hybridized carbons (Fsp3) is 0.615. The van der Waals surface area contributed by atoms with Crippen molar-refractivity contribution in [2.75, 3.05) is 20.1 Å². The molecule has 2 heterocycles. The van der Waals surface area contributed by atoms with Crippen LogP contribution in [0.3, 0.4) is 0 Å². The predicted molar refractivity (Wildman–Crippen MR) is 73.4 cm³/mol. The molecule has 17 heavy (non-hydrogen) atoms. The molecule has 0 amide bonds. The molecule has 2 fully saturated rings. The van der Waals surface area contributed by atoms with Gasteiger partial charge < -0.3 is 4.90 Å². The molecule has 2 rings (SSSR count). The number of nitrogens with zero attached hydrogens (tertiary/aromatic N) is 3. The van der Waals surface area contributed by atoms with Crippen LogP contribution in [-0.2, 0) is 0 Å². The summed E-state index contributed by atoms with van der Waals surface area (Å²) in [5, 5.41) is 0.767. The molecular formula is C13H20ClN3. The third-order valence-corrected chi connectivity index (χ3v) is 3.92. The molecule has 0 spiro atoms. The summed E-state index contributed by atoms with van der Waals surface area (Å²) in [6.07, 6.45) is 6.44. The van der Waals surface area contributed by atoms with Crippen LogP contribution in [0.2, 0.25) is 0 Å². The van der Waals surface area contributed by atoms with Crippen molar-refractivity contribution in [3.63, 3.8) is 0 Å². The van der Waals surface area contributed by atoms with Crippen LogP contribution in [0, 0.1) is 0 Å². The lowest BCUT2D eigenvalue weighted by molar-refractivity contribution is 0.111. The Bertz CT molecular complexity index is 344. The second-order valence-corrected chi connectivity index (χ2v) is 5.49. The van der Waals surface area contributed by atoms with E-state index in [-0.39, 0.29) is 0 Å². The number of aliphatic imine (C=N–C) groups is 1. The summed E-state index contributed by atoms with van der Waals surface area (Å²) < 4.78 is 0.